The number of rotatable bonds is 6. The van der Waals surface area contributed by atoms with E-state index in [4.69, 9.17) is 16.3 Å². The van der Waals surface area contributed by atoms with Crippen molar-refractivity contribution in [3.05, 3.63) is 28.8 Å². The molecule has 0 aliphatic heterocycles. The van der Waals surface area contributed by atoms with Crippen LogP contribution in [0.1, 0.15) is 19.4 Å². The number of nitrogens with one attached hydrogen (secondary N) is 3. The largest absolute Gasteiger partial charge is 0.480 e. The Morgan fingerprint density at radius 3 is 2.71 bits per heavy atom. The van der Waals surface area contributed by atoms with Gasteiger partial charge in [-0.25, -0.2) is 4.79 Å². The van der Waals surface area contributed by atoms with Gasteiger partial charge in [-0.15, -0.1) is 0 Å². The van der Waals surface area contributed by atoms with E-state index in [0.717, 1.165) is 5.56 Å². The molecule has 0 spiro atoms. The van der Waals surface area contributed by atoms with E-state index in [0.29, 0.717) is 23.9 Å². The Morgan fingerprint density at radius 1 is 1.38 bits per heavy atom. The average Bonchev–Trinajstić information content (AvgIpc) is 2.42. The van der Waals surface area contributed by atoms with Gasteiger partial charge in [0, 0.05) is 23.7 Å². The van der Waals surface area contributed by atoms with Crippen molar-refractivity contribution in [1.29, 1.82) is 0 Å². The highest BCUT2D eigenvalue weighted by Gasteiger charge is 2.19. The molecule has 0 fully saturated rings. The number of halogens is 1. The lowest BCUT2D eigenvalue weighted by atomic mass is 10.2. The maximum atomic E-state index is 11.8. The van der Waals surface area contributed by atoms with Crippen LogP contribution in [-0.2, 0) is 11.3 Å². The van der Waals surface area contributed by atoms with E-state index in [2.05, 4.69) is 16.0 Å². The third-order valence-corrected chi connectivity index (χ3v) is 3.03. The van der Waals surface area contributed by atoms with Gasteiger partial charge in [0.05, 0.1) is 0 Å². The van der Waals surface area contributed by atoms with Crippen molar-refractivity contribution >= 4 is 23.5 Å². The van der Waals surface area contributed by atoms with Crippen molar-refractivity contribution in [2.45, 2.75) is 26.5 Å². The second-order valence-electron chi connectivity index (χ2n) is 4.36. The fourth-order valence-corrected chi connectivity index (χ4v) is 1.89. The normalized spacial score (nSPS) is 11.6. The van der Waals surface area contributed by atoms with Gasteiger partial charge in [0.1, 0.15) is 5.75 Å². The van der Waals surface area contributed by atoms with Crippen molar-refractivity contribution < 1.29 is 14.3 Å². The summed E-state index contributed by atoms with van der Waals surface area (Å²) in [5.41, 5.74) is 0.763. The molecule has 3 N–H and O–H groups in total. The predicted octanol–water partition coefficient (Wildman–Crippen LogP) is 1.67. The third kappa shape index (κ3) is 5.24. The molecule has 21 heavy (non-hydrogen) atoms. The van der Waals surface area contributed by atoms with Crippen LogP contribution in [-0.4, -0.2) is 31.6 Å². The van der Waals surface area contributed by atoms with Crippen LogP contribution in [0.4, 0.5) is 4.79 Å². The molecule has 1 aromatic carbocycles. The van der Waals surface area contributed by atoms with E-state index < -0.39 is 18.0 Å². The number of carbonyl (C=O) groups excluding carboxylic acids is 2. The summed E-state index contributed by atoms with van der Waals surface area (Å²) in [5, 5.41) is 8.22. The summed E-state index contributed by atoms with van der Waals surface area (Å²) in [7, 11) is 1.79. The van der Waals surface area contributed by atoms with Gasteiger partial charge in [-0.2, -0.15) is 0 Å². The Kier molecular flexibility index (Phi) is 6.98. The lowest BCUT2D eigenvalue weighted by molar-refractivity contribution is -0.126. The maximum absolute atomic E-state index is 11.8. The fourth-order valence-electron chi connectivity index (χ4n) is 1.66. The standard InChI is InChI=1S/C14H20ClN3O3/c1-4-17-14(20)18-13(19)9(2)21-12-7-5-6-11(15)10(12)8-16-3/h5-7,9,16H,4,8H2,1-3H3,(H2,17,18,19,20). The quantitative estimate of drug-likeness (QED) is 0.746. The Labute approximate surface area is 129 Å². The molecule has 1 atom stereocenters. The second kappa shape index (κ2) is 8.49. The first-order chi connectivity index (χ1) is 9.99. The minimum atomic E-state index is -0.818. The number of amides is 3. The first-order valence-electron chi connectivity index (χ1n) is 6.66. The van der Waals surface area contributed by atoms with Gasteiger partial charge in [0.25, 0.3) is 5.91 Å². The summed E-state index contributed by atoms with van der Waals surface area (Å²) in [6.45, 7) is 4.28. The second-order valence-corrected chi connectivity index (χ2v) is 4.76. The number of urea groups is 1. The average molecular weight is 314 g/mol. The van der Waals surface area contributed by atoms with E-state index >= 15 is 0 Å². The Morgan fingerprint density at radius 2 is 2.10 bits per heavy atom. The van der Waals surface area contributed by atoms with Gasteiger partial charge in [-0.1, -0.05) is 17.7 Å². The van der Waals surface area contributed by atoms with Gasteiger partial charge in [-0.05, 0) is 33.0 Å². The molecule has 1 unspecified atom stereocenters. The molecule has 0 aliphatic rings. The zero-order chi connectivity index (χ0) is 15.8. The first kappa shape index (κ1) is 17.3. The molecule has 1 rings (SSSR count). The van der Waals surface area contributed by atoms with Gasteiger partial charge in [-0.3, -0.25) is 10.1 Å². The van der Waals surface area contributed by atoms with Crippen LogP contribution in [0, 0.1) is 0 Å². The number of hydrogen-bond donors (Lipinski definition) is 3. The highest BCUT2D eigenvalue weighted by atomic mass is 35.5. The molecular formula is C14H20ClN3O3. The Balaban J connectivity index is 2.74. The molecule has 0 saturated carbocycles. The highest BCUT2D eigenvalue weighted by molar-refractivity contribution is 6.31. The molecule has 0 saturated heterocycles. The number of ether oxygens (including phenoxy) is 1. The van der Waals surface area contributed by atoms with E-state index in [1.165, 1.54) is 0 Å². The molecule has 3 amide bonds. The van der Waals surface area contributed by atoms with Crippen molar-refractivity contribution in [3.63, 3.8) is 0 Å². The summed E-state index contributed by atoms with van der Waals surface area (Å²) in [4.78, 5) is 23.1. The van der Waals surface area contributed by atoms with Crippen LogP contribution < -0.4 is 20.7 Å². The summed E-state index contributed by atoms with van der Waals surface area (Å²) in [5.74, 6) is -0.00765. The number of imide groups is 1. The van der Waals surface area contributed by atoms with Crippen molar-refractivity contribution in [3.8, 4) is 5.75 Å². The molecule has 0 aromatic heterocycles. The molecule has 1 aromatic rings. The summed E-state index contributed by atoms with van der Waals surface area (Å²) >= 11 is 6.11. The number of hydrogen-bond acceptors (Lipinski definition) is 4. The van der Waals surface area contributed by atoms with Crippen LogP contribution in [0.5, 0.6) is 5.75 Å². The lowest BCUT2D eigenvalue weighted by Crippen LogP contribution is -2.45. The van der Waals surface area contributed by atoms with Crippen molar-refractivity contribution in [1.82, 2.24) is 16.0 Å². The van der Waals surface area contributed by atoms with Crippen molar-refractivity contribution in [2.75, 3.05) is 13.6 Å². The summed E-state index contributed by atoms with van der Waals surface area (Å²) < 4.78 is 5.60. The van der Waals surface area contributed by atoms with E-state index in [1.807, 2.05) is 0 Å². The topological polar surface area (TPSA) is 79.5 Å². The Bertz CT molecular complexity index is 508. The minimum Gasteiger partial charge on any atom is -0.480 e. The molecule has 116 valence electrons. The summed E-state index contributed by atoms with van der Waals surface area (Å²) in [6, 6.07) is 4.68. The van der Waals surface area contributed by atoms with E-state index in [-0.39, 0.29) is 0 Å². The monoisotopic (exact) mass is 313 g/mol. The molecule has 0 bridgehead atoms. The van der Waals surface area contributed by atoms with Gasteiger partial charge >= 0.3 is 6.03 Å². The first-order valence-corrected chi connectivity index (χ1v) is 7.04. The van der Waals surface area contributed by atoms with Crippen LogP contribution in [0.3, 0.4) is 0 Å². The molecular weight excluding hydrogens is 294 g/mol. The molecule has 0 radical (unpaired) electrons. The molecule has 7 heteroatoms. The number of benzene rings is 1. The van der Waals surface area contributed by atoms with Gasteiger partial charge in [0.15, 0.2) is 6.10 Å². The minimum absolute atomic E-state index is 0.439. The smallest absolute Gasteiger partial charge is 0.321 e. The summed E-state index contributed by atoms with van der Waals surface area (Å²) in [6.07, 6.45) is -0.818. The molecule has 6 nitrogen and oxygen atoms in total. The highest BCUT2D eigenvalue weighted by Crippen LogP contribution is 2.27. The predicted molar refractivity (Wildman–Crippen MR) is 81.5 cm³/mol. The van der Waals surface area contributed by atoms with Crippen LogP contribution in [0.25, 0.3) is 0 Å². The van der Waals surface area contributed by atoms with E-state index in [1.54, 1.807) is 39.1 Å². The van der Waals surface area contributed by atoms with Gasteiger partial charge < -0.3 is 15.4 Å². The number of carbonyl (C=O) groups is 2. The molecule has 0 aliphatic carbocycles. The molecule has 0 heterocycles. The SMILES string of the molecule is CCNC(=O)NC(=O)C(C)Oc1cccc(Cl)c1CNC. The van der Waals surface area contributed by atoms with E-state index in [9.17, 15) is 9.59 Å². The zero-order valence-corrected chi connectivity index (χ0v) is 13.1. The van der Waals surface area contributed by atoms with Crippen LogP contribution >= 0.6 is 11.6 Å². The van der Waals surface area contributed by atoms with Crippen LogP contribution in [0.15, 0.2) is 18.2 Å². The zero-order valence-electron chi connectivity index (χ0n) is 12.3. The van der Waals surface area contributed by atoms with Crippen molar-refractivity contribution in [2.24, 2.45) is 0 Å². The Hall–Kier alpha value is -1.79. The lowest BCUT2D eigenvalue weighted by Gasteiger charge is -2.17. The van der Waals surface area contributed by atoms with Crippen LogP contribution in [0.2, 0.25) is 5.02 Å². The maximum Gasteiger partial charge on any atom is 0.321 e. The third-order valence-electron chi connectivity index (χ3n) is 2.68. The van der Waals surface area contributed by atoms with Gasteiger partial charge in [0.2, 0.25) is 0 Å². The fraction of sp³-hybridized carbons (Fsp3) is 0.429.